The Morgan fingerprint density at radius 1 is 1.33 bits per heavy atom. The number of carbonyl (C=O) groups excluding carboxylic acids is 1. The second-order valence-corrected chi connectivity index (χ2v) is 4.37. The van der Waals surface area contributed by atoms with Gasteiger partial charge in [0.2, 0.25) is 5.67 Å². The van der Waals surface area contributed by atoms with Gasteiger partial charge in [-0.15, -0.1) is 0 Å². The third kappa shape index (κ3) is 2.88. The van der Waals surface area contributed by atoms with E-state index < -0.39 is 17.7 Å². The minimum atomic E-state index is -2.31. The average molecular weight is 253 g/mol. The first-order chi connectivity index (χ1) is 8.45. The summed E-state index contributed by atoms with van der Waals surface area (Å²) in [5.74, 6) is -0.677. The second kappa shape index (κ2) is 5.96. The highest BCUT2D eigenvalue weighted by Crippen LogP contribution is 2.31. The predicted octanol–water partition coefficient (Wildman–Crippen LogP) is 2.32. The van der Waals surface area contributed by atoms with Crippen molar-refractivity contribution < 1.29 is 14.3 Å². The van der Waals surface area contributed by atoms with Crippen molar-refractivity contribution in [3.63, 3.8) is 0 Å². The second-order valence-electron chi connectivity index (χ2n) is 4.37. The van der Waals surface area contributed by atoms with E-state index in [2.05, 4.69) is 0 Å². The van der Waals surface area contributed by atoms with E-state index in [1.807, 2.05) is 0 Å². The van der Waals surface area contributed by atoms with E-state index in [1.165, 1.54) is 4.90 Å². The van der Waals surface area contributed by atoms with Crippen LogP contribution in [0.15, 0.2) is 30.3 Å². The summed E-state index contributed by atoms with van der Waals surface area (Å²) in [4.78, 5) is 13.4. The summed E-state index contributed by atoms with van der Waals surface area (Å²) in [6, 6.07) is 8.40. The number of carbonyl (C=O) groups is 1. The maximum atomic E-state index is 14.5. The summed E-state index contributed by atoms with van der Waals surface area (Å²) in [7, 11) is 0. The minimum Gasteiger partial charge on any atom is -0.384 e. The molecule has 0 saturated heterocycles. The van der Waals surface area contributed by atoms with Gasteiger partial charge in [-0.1, -0.05) is 30.3 Å². The normalized spacial score (nSPS) is 15.8. The highest BCUT2D eigenvalue weighted by molar-refractivity contribution is 5.85. The zero-order valence-corrected chi connectivity index (χ0v) is 11.1. The van der Waals surface area contributed by atoms with Gasteiger partial charge in [0.15, 0.2) is 0 Å². The van der Waals surface area contributed by atoms with Crippen molar-refractivity contribution in [1.29, 1.82) is 0 Å². The van der Waals surface area contributed by atoms with Gasteiger partial charge in [-0.2, -0.15) is 0 Å². The van der Waals surface area contributed by atoms with Crippen molar-refractivity contribution in [3.8, 4) is 0 Å². The van der Waals surface area contributed by atoms with E-state index in [1.54, 1.807) is 44.2 Å². The quantitative estimate of drug-likeness (QED) is 0.874. The maximum Gasteiger partial charge on any atom is 0.263 e. The predicted molar refractivity (Wildman–Crippen MR) is 68.8 cm³/mol. The zero-order valence-electron chi connectivity index (χ0n) is 11.1. The van der Waals surface area contributed by atoms with E-state index in [-0.39, 0.29) is 0 Å². The van der Waals surface area contributed by atoms with Crippen molar-refractivity contribution >= 4 is 5.91 Å². The molecule has 2 atom stereocenters. The third-order valence-electron chi connectivity index (χ3n) is 3.10. The molecule has 18 heavy (non-hydrogen) atoms. The Morgan fingerprint density at radius 2 is 1.83 bits per heavy atom. The van der Waals surface area contributed by atoms with Crippen molar-refractivity contribution in [2.45, 2.75) is 32.5 Å². The van der Waals surface area contributed by atoms with Crippen LogP contribution in [0.5, 0.6) is 0 Å². The summed E-state index contributed by atoms with van der Waals surface area (Å²) >= 11 is 0. The van der Waals surface area contributed by atoms with Crippen LogP contribution in [0, 0.1) is 0 Å². The number of alkyl halides is 1. The molecule has 1 aromatic rings. The van der Waals surface area contributed by atoms with E-state index in [4.69, 9.17) is 0 Å². The molecule has 0 fully saturated rings. The summed E-state index contributed by atoms with van der Waals surface area (Å²) in [6.45, 7) is 5.55. The van der Waals surface area contributed by atoms with Gasteiger partial charge in [0.25, 0.3) is 5.91 Å². The van der Waals surface area contributed by atoms with Gasteiger partial charge >= 0.3 is 0 Å². The maximum absolute atomic E-state index is 14.5. The van der Waals surface area contributed by atoms with Crippen LogP contribution in [-0.4, -0.2) is 34.7 Å². The molecule has 0 heterocycles. The highest BCUT2D eigenvalue weighted by atomic mass is 19.1. The molecular weight excluding hydrogens is 233 g/mol. The Labute approximate surface area is 107 Å². The fourth-order valence-electron chi connectivity index (χ4n) is 1.89. The first-order valence-electron chi connectivity index (χ1n) is 6.16. The van der Waals surface area contributed by atoms with Gasteiger partial charge in [0, 0.05) is 13.1 Å². The number of rotatable bonds is 5. The Kier molecular flexibility index (Phi) is 4.84. The number of aliphatic hydroxyl groups is 1. The smallest absolute Gasteiger partial charge is 0.263 e. The van der Waals surface area contributed by atoms with Gasteiger partial charge < -0.3 is 10.0 Å². The summed E-state index contributed by atoms with van der Waals surface area (Å²) in [6.07, 6.45) is -1.45. The average Bonchev–Trinajstić information content (AvgIpc) is 2.40. The van der Waals surface area contributed by atoms with Crippen molar-refractivity contribution in [2.24, 2.45) is 0 Å². The molecule has 0 bridgehead atoms. The lowest BCUT2D eigenvalue weighted by Crippen LogP contribution is -2.47. The highest BCUT2D eigenvalue weighted by Gasteiger charge is 2.43. The van der Waals surface area contributed by atoms with Gasteiger partial charge in [-0.25, -0.2) is 4.39 Å². The van der Waals surface area contributed by atoms with Crippen LogP contribution in [0.1, 0.15) is 32.4 Å². The first kappa shape index (κ1) is 14.6. The minimum absolute atomic E-state index is 0.406. The van der Waals surface area contributed by atoms with Gasteiger partial charge in [0.1, 0.15) is 6.10 Å². The third-order valence-corrected chi connectivity index (χ3v) is 3.10. The van der Waals surface area contributed by atoms with Crippen molar-refractivity contribution in [1.82, 2.24) is 4.90 Å². The molecule has 0 aromatic heterocycles. The number of hydrogen-bond acceptors (Lipinski definition) is 2. The molecule has 4 heteroatoms. The monoisotopic (exact) mass is 253 g/mol. The van der Waals surface area contributed by atoms with Gasteiger partial charge in [-0.3, -0.25) is 4.79 Å². The largest absolute Gasteiger partial charge is 0.384 e. The summed E-state index contributed by atoms with van der Waals surface area (Å²) < 4.78 is 14.5. The van der Waals surface area contributed by atoms with Gasteiger partial charge in [0.05, 0.1) is 0 Å². The zero-order chi connectivity index (χ0) is 13.8. The van der Waals surface area contributed by atoms with Crippen LogP contribution in [0.3, 0.4) is 0 Å². The van der Waals surface area contributed by atoms with Crippen LogP contribution in [0.25, 0.3) is 0 Å². The van der Waals surface area contributed by atoms with E-state index in [9.17, 15) is 14.3 Å². The fourth-order valence-corrected chi connectivity index (χ4v) is 1.89. The number of hydrogen-bond donors (Lipinski definition) is 1. The van der Waals surface area contributed by atoms with Crippen molar-refractivity contribution in [2.75, 3.05) is 13.1 Å². The molecule has 1 amide bonds. The molecule has 0 radical (unpaired) electrons. The van der Waals surface area contributed by atoms with Gasteiger partial charge in [-0.05, 0) is 26.3 Å². The lowest BCUT2D eigenvalue weighted by Gasteiger charge is -2.31. The van der Waals surface area contributed by atoms with Crippen LogP contribution in [-0.2, 0) is 4.79 Å². The molecule has 1 aromatic carbocycles. The number of halogens is 1. The molecule has 0 saturated carbocycles. The fraction of sp³-hybridized carbons (Fsp3) is 0.500. The number of nitrogens with zero attached hydrogens (tertiary/aromatic N) is 1. The molecular formula is C14H20FNO2. The lowest BCUT2D eigenvalue weighted by atomic mass is 9.93. The van der Waals surface area contributed by atoms with E-state index in [0.29, 0.717) is 18.7 Å². The Balaban J connectivity index is 2.95. The van der Waals surface area contributed by atoms with Crippen LogP contribution >= 0.6 is 0 Å². The number of benzene rings is 1. The Bertz CT molecular complexity index is 388. The molecule has 0 unspecified atom stereocenters. The van der Waals surface area contributed by atoms with Crippen molar-refractivity contribution in [3.05, 3.63) is 35.9 Å². The van der Waals surface area contributed by atoms with Crippen LogP contribution in [0.4, 0.5) is 4.39 Å². The van der Waals surface area contributed by atoms with E-state index in [0.717, 1.165) is 6.92 Å². The first-order valence-corrected chi connectivity index (χ1v) is 6.16. The van der Waals surface area contributed by atoms with Crippen LogP contribution in [0.2, 0.25) is 0 Å². The molecule has 0 aliphatic rings. The molecule has 3 nitrogen and oxygen atoms in total. The SMILES string of the molecule is CCN(CC)C(=O)[C@](C)(F)[C@@H](O)c1ccccc1. The van der Waals surface area contributed by atoms with E-state index >= 15 is 0 Å². The topological polar surface area (TPSA) is 40.5 Å². The standard InChI is InChI=1S/C14H20FNO2/c1-4-16(5-2)13(18)14(3,15)12(17)11-9-7-6-8-10-11/h6-10,12,17H,4-5H2,1-3H3/t12-,14+/m0/s1. The molecule has 0 aliphatic carbocycles. The molecule has 0 aliphatic heterocycles. The molecule has 0 spiro atoms. The molecule has 1 N–H and O–H groups in total. The summed E-state index contributed by atoms with van der Waals surface area (Å²) in [5, 5.41) is 10.0. The summed E-state index contributed by atoms with van der Waals surface area (Å²) in [5.41, 5.74) is -1.91. The molecule has 1 rings (SSSR count). The Hall–Kier alpha value is -1.42. The van der Waals surface area contributed by atoms with Crippen LogP contribution < -0.4 is 0 Å². The lowest BCUT2D eigenvalue weighted by molar-refractivity contribution is -0.150. The molecule has 100 valence electrons. The number of aliphatic hydroxyl groups excluding tert-OH is 1. The number of amides is 1. The Morgan fingerprint density at radius 3 is 2.28 bits per heavy atom.